The summed E-state index contributed by atoms with van der Waals surface area (Å²) in [6.07, 6.45) is 10.3. The second-order valence-electron chi connectivity index (χ2n) is 5.33. The van der Waals surface area contributed by atoms with Gasteiger partial charge < -0.3 is 4.89 Å². The van der Waals surface area contributed by atoms with Crippen molar-refractivity contribution in [1.82, 2.24) is 0 Å². The summed E-state index contributed by atoms with van der Waals surface area (Å²) in [5.41, 5.74) is 2.89. The summed E-state index contributed by atoms with van der Waals surface area (Å²) in [6, 6.07) is 0. The topological polar surface area (TPSA) is 23.1 Å². The lowest BCUT2D eigenvalue weighted by molar-refractivity contribution is -0.147. The summed E-state index contributed by atoms with van der Waals surface area (Å²) >= 11 is 0. The van der Waals surface area contributed by atoms with E-state index in [2.05, 4.69) is 48.8 Å². The molecule has 0 N–H and O–H groups in total. The Morgan fingerprint density at radius 2 is 1.89 bits per heavy atom. The first-order valence-corrected chi connectivity index (χ1v) is 9.70. The molecule has 0 aliphatic rings. The first-order chi connectivity index (χ1) is 8.41. The van der Waals surface area contributed by atoms with Gasteiger partial charge in [0.2, 0.25) is 0 Å². The van der Waals surface area contributed by atoms with Crippen molar-refractivity contribution in [3.05, 3.63) is 23.3 Å². The van der Waals surface area contributed by atoms with Crippen LogP contribution in [0.4, 0.5) is 0 Å². The van der Waals surface area contributed by atoms with Crippen LogP contribution >= 0.6 is 16.4 Å². The molecule has 0 aliphatic heterocycles. The average molecular weight is 286 g/mol. The largest absolute Gasteiger partial charge is 0.629 e. The third-order valence-corrected chi connectivity index (χ3v) is 4.13. The van der Waals surface area contributed by atoms with Crippen LogP contribution in [0.25, 0.3) is 0 Å². The highest BCUT2D eigenvalue weighted by Gasteiger charge is 2.00. The van der Waals surface area contributed by atoms with Crippen LogP contribution in [0.2, 0.25) is 0 Å². The number of hydrogen-bond donors (Lipinski definition) is 0. The van der Waals surface area contributed by atoms with Gasteiger partial charge in [-0.05, 0) is 52.4 Å². The molecule has 0 bridgehead atoms. The Balaban J connectivity index is 3.79. The Kier molecular flexibility index (Phi) is 10.9. The molecule has 0 saturated carbocycles. The van der Waals surface area contributed by atoms with Crippen LogP contribution in [0.1, 0.15) is 59.8 Å². The first-order valence-electron chi connectivity index (χ1n) is 6.75. The minimum Gasteiger partial charge on any atom is -0.629 e. The summed E-state index contributed by atoms with van der Waals surface area (Å²) < 4.78 is 0. The van der Waals surface area contributed by atoms with Crippen molar-refractivity contribution in [2.24, 2.45) is 5.92 Å². The maximum atomic E-state index is 10.9. The fraction of sp³-hybridized carbons (Fsp3) is 0.667. The van der Waals surface area contributed by atoms with Crippen molar-refractivity contribution in [3.63, 3.8) is 0 Å². The van der Waals surface area contributed by atoms with E-state index >= 15 is 0 Å². The van der Waals surface area contributed by atoms with Crippen LogP contribution < -0.4 is 4.89 Å². The molecule has 0 heterocycles. The number of hydrogen-bond acceptors (Lipinski definition) is 1. The van der Waals surface area contributed by atoms with Gasteiger partial charge in [-0.25, -0.2) is 0 Å². The predicted molar refractivity (Wildman–Crippen MR) is 88.1 cm³/mol. The summed E-state index contributed by atoms with van der Waals surface area (Å²) in [6.45, 7) is 8.74. The molecule has 0 rings (SSSR count). The summed E-state index contributed by atoms with van der Waals surface area (Å²) in [7, 11) is 1.19. The Hall–Kier alpha value is 0.0400. The van der Waals surface area contributed by atoms with E-state index in [1.54, 1.807) is 0 Å². The van der Waals surface area contributed by atoms with E-state index in [0.717, 1.165) is 19.3 Å². The van der Waals surface area contributed by atoms with E-state index in [9.17, 15) is 4.89 Å². The molecule has 104 valence electrons. The van der Waals surface area contributed by atoms with Gasteiger partial charge in [0.25, 0.3) is 0 Å². The molecular formula is C15H28OP2. The quantitative estimate of drug-likeness (QED) is 0.462. The fourth-order valence-corrected chi connectivity index (χ4v) is 2.64. The van der Waals surface area contributed by atoms with Crippen LogP contribution in [0, 0.1) is 5.92 Å². The molecule has 0 radical (unpaired) electrons. The Morgan fingerprint density at radius 3 is 2.44 bits per heavy atom. The van der Waals surface area contributed by atoms with Gasteiger partial charge in [0, 0.05) is 6.42 Å². The van der Waals surface area contributed by atoms with Crippen molar-refractivity contribution < 1.29 is 4.89 Å². The Bertz CT molecular complexity index is 308. The van der Waals surface area contributed by atoms with E-state index in [4.69, 9.17) is 0 Å². The van der Waals surface area contributed by atoms with Gasteiger partial charge in [-0.2, -0.15) is 0 Å². The molecule has 0 aromatic rings. The normalized spacial score (nSPS) is 14.6. The molecule has 0 aromatic heterocycles. The van der Waals surface area contributed by atoms with Crippen molar-refractivity contribution >= 4 is 22.2 Å². The molecular weight excluding hydrogens is 258 g/mol. The SMILES string of the molecule is CC(C)=CCCC(C)=CCCC(C)CC=[P+]([O-])P. The summed E-state index contributed by atoms with van der Waals surface area (Å²) in [4.78, 5) is 10.9. The maximum absolute atomic E-state index is 10.9. The Morgan fingerprint density at radius 1 is 1.22 bits per heavy atom. The lowest BCUT2D eigenvalue weighted by atomic mass is 10.0. The average Bonchev–Trinajstić information content (AvgIpc) is 2.25. The number of rotatable bonds is 8. The fourth-order valence-electron chi connectivity index (χ4n) is 1.71. The third kappa shape index (κ3) is 12.5. The highest BCUT2D eigenvalue weighted by molar-refractivity contribution is 8.08. The molecule has 0 saturated heterocycles. The molecule has 3 heteroatoms. The molecule has 3 atom stereocenters. The van der Waals surface area contributed by atoms with Gasteiger partial charge in [-0.15, -0.1) is 0 Å². The van der Waals surface area contributed by atoms with E-state index in [1.807, 2.05) is 5.80 Å². The minimum absolute atomic E-state index is 0.631. The van der Waals surface area contributed by atoms with Crippen molar-refractivity contribution in [1.29, 1.82) is 0 Å². The molecule has 0 aromatic carbocycles. The molecule has 0 aliphatic carbocycles. The Labute approximate surface area is 116 Å². The lowest BCUT2D eigenvalue weighted by Crippen LogP contribution is -1.95. The van der Waals surface area contributed by atoms with Crippen LogP contribution in [-0.2, 0) is 0 Å². The van der Waals surface area contributed by atoms with Gasteiger partial charge in [0.05, 0.1) is 22.2 Å². The third-order valence-electron chi connectivity index (χ3n) is 2.93. The maximum Gasteiger partial charge on any atom is 0.0833 e. The zero-order valence-corrected chi connectivity index (χ0v) is 14.3. The van der Waals surface area contributed by atoms with Gasteiger partial charge in [-0.3, -0.25) is 0 Å². The van der Waals surface area contributed by atoms with Gasteiger partial charge >= 0.3 is 0 Å². The van der Waals surface area contributed by atoms with E-state index < -0.39 is 7.46 Å². The zero-order valence-electron chi connectivity index (χ0n) is 12.3. The number of allylic oxidation sites excluding steroid dienone is 4. The van der Waals surface area contributed by atoms with Crippen LogP contribution in [0.5, 0.6) is 0 Å². The lowest BCUT2D eigenvalue weighted by Gasteiger charge is -2.06. The van der Waals surface area contributed by atoms with Crippen molar-refractivity contribution in [2.75, 3.05) is 0 Å². The van der Waals surface area contributed by atoms with Crippen LogP contribution in [0.3, 0.4) is 0 Å². The molecule has 3 unspecified atom stereocenters. The monoisotopic (exact) mass is 286 g/mol. The molecule has 18 heavy (non-hydrogen) atoms. The minimum atomic E-state index is -1.15. The molecule has 0 fully saturated rings. The summed E-state index contributed by atoms with van der Waals surface area (Å²) in [5.74, 6) is 2.54. The first kappa shape index (κ1) is 18.0. The molecule has 1 nitrogen and oxygen atoms in total. The summed E-state index contributed by atoms with van der Waals surface area (Å²) in [5, 5.41) is 0. The smallest absolute Gasteiger partial charge is 0.0833 e. The second-order valence-corrected chi connectivity index (χ2v) is 7.94. The predicted octanol–water partition coefficient (Wildman–Crippen LogP) is 4.84. The van der Waals surface area contributed by atoms with E-state index in [1.165, 1.54) is 24.0 Å². The standard InChI is InChI=1S/C15H28OP2/c1-13(2)7-5-8-14(3)9-6-10-15(4)11-12-18(16)17/h7,9,12,15H,5-6,8,10-11,17H2,1-4H3. The van der Waals surface area contributed by atoms with Crippen molar-refractivity contribution in [3.8, 4) is 0 Å². The van der Waals surface area contributed by atoms with Gasteiger partial charge in [0.15, 0.2) is 0 Å². The zero-order chi connectivity index (χ0) is 14.0. The highest BCUT2D eigenvalue weighted by atomic mass is 32.0. The molecule has 0 spiro atoms. The van der Waals surface area contributed by atoms with E-state index in [-0.39, 0.29) is 0 Å². The second kappa shape index (κ2) is 10.9. The van der Waals surface area contributed by atoms with Crippen LogP contribution in [-0.4, -0.2) is 5.80 Å². The van der Waals surface area contributed by atoms with Gasteiger partial charge in [0.1, 0.15) is 0 Å². The van der Waals surface area contributed by atoms with Crippen molar-refractivity contribution in [2.45, 2.75) is 59.8 Å². The molecule has 0 amide bonds. The van der Waals surface area contributed by atoms with Crippen LogP contribution in [0.15, 0.2) is 23.3 Å². The van der Waals surface area contributed by atoms with E-state index in [0.29, 0.717) is 5.92 Å². The van der Waals surface area contributed by atoms with Gasteiger partial charge in [-0.1, -0.05) is 30.2 Å². The highest BCUT2D eigenvalue weighted by Crippen LogP contribution is 2.22.